The lowest BCUT2D eigenvalue weighted by molar-refractivity contribution is 0.345. The molecule has 1 aromatic carbocycles. The van der Waals surface area contributed by atoms with E-state index in [0.29, 0.717) is 17.9 Å². The second-order valence-corrected chi connectivity index (χ2v) is 7.32. The molecule has 2 fully saturated rings. The normalized spacial score (nSPS) is 23.4. The third-order valence-corrected chi connectivity index (χ3v) is 5.39. The van der Waals surface area contributed by atoms with Crippen molar-refractivity contribution < 1.29 is 0 Å². The predicted molar refractivity (Wildman–Crippen MR) is 102 cm³/mol. The molecule has 1 saturated carbocycles. The second-order valence-electron chi connectivity index (χ2n) is 6.89. The number of nitrogen functional groups attached to an aromatic ring is 1. The Morgan fingerprint density at radius 2 is 1.60 bits per heavy atom. The largest absolute Gasteiger partial charge is 0.368 e. The Labute approximate surface area is 152 Å². The number of nitrogens with zero attached hydrogens (tertiary/aromatic N) is 4. The summed E-state index contributed by atoms with van der Waals surface area (Å²) >= 11 is 5.97. The molecule has 0 spiro atoms. The first-order chi connectivity index (χ1) is 12.1. The van der Waals surface area contributed by atoms with E-state index in [1.54, 1.807) is 0 Å². The van der Waals surface area contributed by atoms with Gasteiger partial charge in [-0.15, -0.1) is 0 Å². The van der Waals surface area contributed by atoms with E-state index in [4.69, 9.17) is 23.1 Å². The van der Waals surface area contributed by atoms with E-state index in [-0.39, 0.29) is 0 Å². The van der Waals surface area contributed by atoms with Gasteiger partial charge in [-0.25, -0.2) is 4.98 Å². The van der Waals surface area contributed by atoms with Crippen LogP contribution in [0.3, 0.4) is 0 Å². The van der Waals surface area contributed by atoms with Crippen LogP contribution < -0.4 is 21.3 Å². The lowest BCUT2D eigenvalue weighted by Crippen LogP contribution is -2.47. The molecule has 0 bridgehead atoms. The van der Waals surface area contributed by atoms with Gasteiger partial charge in [-0.2, -0.15) is 4.98 Å². The fourth-order valence-corrected chi connectivity index (χ4v) is 3.72. The van der Waals surface area contributed by atoms with Gasteiger partial charge in [0.15, 0.2) is 0 Å². The van der Waals surface area contributed by atoms with Crippen LogP contribution in [0, 0.1) is 0 Å². The van der Waals surface area contributed by atoms with Crippen molar-refractivity contribution in [2.24, 2.45) is 5.73 Å². The summed E-state index contributed by atoms with van der Waals surface area (Å²) in [6, 6.07) is 10.4. The van der Waals surface area contributed by atoms with Crippen LogP contribution in [0.5, 0.6) is 0 Å². The van der Waals surface area contributed by atoms with Crippen LogP contribution in [0.15, 0.2) is 30.3 Å². The van der Waals surface area contributed by atoms with Crippen LogP contribution in [0.1, 0.15) is 24.5 Å². The minimum absolute atomic E-state index is 0.299. The summed E-state index contributed by atoms with van der Waals surface area (Å²) in [4.78, 5) is 13.5. The van der Waals surface area contributed by atoms with Crippen molar-refractivity contribution >= 4 is 29.1 Å². The number of halogens is 1. The summed E-state index contributed by atoms with van der Waals surface area (Å²) < 4.78 is 0. The van der Waals surface area contributed by atoms with E-state index < -0.39 is 0 Å². The van der Waals surface area contributed by atoms with Gasteiger partial charge in [0.25, 0.3) is 0 Å². The Kier molecular flexibility index (Phi) is 4.39. The first kappa shape index (κ1) is 16.4. The summed E-state index contributed by atoms with van der Waals surface area (Å²) in [7, 11) is 0. The molecule has 1 aliphatic carbocycles. The number of rotatable bonds is 3. The lowest BCUT2D eigenvalue weighted by Gasteiger charge is -2.37. The number of hydrogen-bond donors (Lipinski definition) is 2. The van der Waals surface area contributed by atoms with Crippen LogP contribution in [-0.2, 0) is 0 Å². The van der Waals surface area contributed by atoms with Crippen molar-refractivity contribution in [1.82, 2.24) is 9.97 Å². The number of anilines is 3. The molecule has 4 N–H and O–H groups in total. The predicted octanol–water partition coefficient (Wildman–Crippen LogP) is 2.24. The quantitative estimate of drug-likeness (QED) is 0.875. The van der Waals surface area contributed by atoms with Crippen molar-refractivity contribution in [3.05, 3.63) is 41.0 Å². The van der Waals surface area contributed by atoms with Crippen molar-refractivity contribution in [1.29, 1.82) is 0 Å². The van der Waals surface area contributed by atoms with Crippen molar-refractivity contribution in [3.63, 3.8) is 0 Å². The van der Waals surface area contributed by atoms with E-state index in [2.05, 4.69) is 38.0 Å². The van der Waals surface area contributed by atoms with Gasteiger partial charge in [0.05, 0.1) is 5.69 Å². The maximum atomic E-state index is 5.97. The Hall–Kier alpha value is -2.05. The summed E-state index contributed by atoms with van der Waals surface area (Å²) in [6.07, 6.45) is 1.97. The van der Waals surface area contributed by atoms with Gasteiger partial charge < -0.3 is 21.3 Å². The molecule has 132 valence electrons. The van der Waals surface area contributed by atoms with Crippen molar-refractivity contribution in [2.75, 3.05) is 41.7 Å². The molecule has 0 atom stereocenters. The molecule has 0 radical (unpaired) electrons. The zero-order valence-electron chi connectivity index (χ0n) is 14.1. The summed E-state index contributed by atoms with van der Waals surface area (Å²) in [5, 5.41) is 0.766. The monoisotopic (exact) mass is 358 g/mol. The fourth-order valence-electron chi connectivity index (χ4n) is 3.59. The molecule has 1 aliphatic heterocycles. The minimum Gasteiger partial charge on any atom is -0.368 e. The smallest absolute Gasteiger partial charge is 0.222 e. The summed E-state index contributed by atoms with van der Waals surface area (Å²) in [5.74, 6) is 1.71. The third-order valence-electron chi connectivity index (χ3n) is 5.14. The van der Waals surface area contributed by atoms with Gasteiger partial charge in [0.1, 0.15) is 5.82 Å². The standard InChI is InChI=1S/C18H23ClN6/c19-13-1-3-15(4-2-13)24-5-7-25(8-6-24)17-11-16(22-18(21)23-17)12-9-14(20)10-12/h1-4,11-12,14H,5-10,20H2,(H2,21,22,23). The van der Waals surface area contributed by atoms with E-state index in [1.165, 1.54) is 5.69 Å². The van der Waals surface area contributed by atoms with Gasteiger partial charge in [-0.1, -0.05) is 11.6 Å². The van der Waals surface area contributed by atoms with Gasteiger partial charge in [0, 0.05) is 54.9 Å². The average Bonchev–Trinajstić information content (AvgIpc) is 2.59. The van der Waals surface area contributed by atoms with E-state index in [9.17, 15) is 0 Å². The molecule has 1 saturated heterocycles. The fraction of sp³-hybridized carbons (Fsp3) is 0.444. The van der Waals surface area contributed by atoms with Gasteiger partial charge in [0.2, 0.25) is 5.95 Å². The van der Waals surface area contributed by atoms with Crippen molar-refractivity contribution in [3.8, 4) is 0 Å². The van der Waals surface area contributed by atoms with Crippen LogP contribution in [-0.4, -0.2) is 42.2 Å². The Morgan fingerprint density at radius 3 is 2.24 bits per heavy atom. The topological polar surface area (TPSA) is 84.3 Å². The highest BCUT2D eigenvalue weighted by Crippen LogP contribution is 2.36. The maximum absolute atomic E-state index is 5.97. The van der Waals surface area contributed by atoms with Gasteiger partial charge in [-0.3, -0.25) is 0 Å². The summed E-state index contributed by atoms with van der Waals surface area (Å²) in [5.41, 5.74) is 14.1. The number of benzene rings is 1. The number of piperazine rings is 1. The molecular formula is C18H23ClN6. The number of aromatic nitrogens is 2. The summed E-state index contributed by atoms with van der Waals surface area (Å²) in [6.45, 7) is 3.69. The Bertz CT molecular complexity index is 736. The second kappa shape index (κ2) is 6.69. The lowest BCUT2D eigenvalue weighted by atomic mass is 9.78. The highest BCUT2D eigenvalue weighted by Gasteiger charge is 2.29. The highest BCUT2D eigenvalue weighted by atomic mass is 35.5. The Balaban J connectivity index is 1.44. The maximum Gasteiger partial charge on any atom is 0.222 e. The Morgan fingerprint density at radius 1 is 0.960 bits per heavy atom. The average molecular weight is 359 g/mol. The molecule has 2 heterocycles. The molecule has 25 heavy (non-hydrogen) atoms. The highest BCUT2D eigenvalue weighted by molar-refractivity contribution is 6.30. The zero-order chi connectivity index (χ0) is 17.4. The molecule has 2 aromatic rings. The van der Waals surface area contributed by atoms with Gasteiger partial charge >= 0.3 is 0 Å². The molecule has 0 amide bonds. The van der Waals surface area contributed by atoms with Gasteiger partial charge in [-0.05, 0) is 37.1 Å². The van der Waals surface area contributed by atoms with E-state index >= 15 is 0 Å². The van der Waals surface area contributed by atoms with Crippen molar-refractivity contribution in [2.45, 2.75) is 24.8 Å². The minimum atomic E-state index is 0.299. The number of hydrogen-bond acceptors (Lipinski definition) is 6. The SMILES string of the molecule is Nc1nc(C2CC(N)C2)cc(N2CCN(c3ccc(Cl)cc3)CC2)n1. The molecule has 4 rings (SSSR count). The zero-order valence-corrected chi connectivity index (χ0v) is 14.9. The first-order valence-electron chi connectivity index (χ1n) is 8.74. The number of nitrogens with two attached hydrogens (primary N) is 2. The van der Waals surface area contributed by atoms with E-state index in [0.717, 1.165) is 55.6 Å². The molecule has 7 heteroatoms. The molecule has 6 nitrogen and oxygen atoms in total. The molecule has 1 aromatic heterocycles. The van der Waals surface area contributed by atoms with Crippen LogP contribution in [0.4, 0.5) is 17.5 Å². The van der Waals surface area contributed by atoms with Crippen LogP contribution in [0.25, 0.3) is 0 Å². The first-order valence-corrected chi connectivity index (χ1v) is 9.12. The van der Waals surface area contributed by atoms with E-state index in [1.807, 2.05) is 12.1 Å². The molecule has 0 unspecified atom stereocenters. The molecule has 2 aliphatic rings. The van der Waals surface area contributed by atoms with Crippen LogP contribution in [0.2, 0.25) is 5.02 Å². The molecular weight excluding hydrogens is 336 g/mol. The van der Waals surface area contributed by atoms with Crippen LogP contribution >= 0.6 is 11.6 Å². The third kappa shape index (κ3) is 3.50.